The van der Waals surface area contributed by atoms with Crippen molar-refractivity contribution in [2.24, 2.45) is 16.3 Å². The van der Waals surface area contributed by atoms with Crippen molar-refractivity contribution in [1.82, 2.24) is 9.55 Å². The van der Waals surface area contributed by atoms with Gasteiger partial charge < -0.3 is 19.5 Å². The van der Waals surface area contributed by atoms with Gasteiger partial charge in [-0.3, -0.25) is 24.7 Å². The maximum atomic E-state index is 13.1. The first-order valence-corrected chi connectivity index (χ1v) is 14.5. The van der Waals surface area contributed by atoms with E-state index < -0.39 is 40.2 Å². The van der Waals surface area contributed by atoms with E-state index in [0.717, 1.165) is 24.1 Å². The van der Waals surface area contributed by atoms with Gasteiger partial charge >= 0.3 is 11.9 Å². The van der Waals surface area contributed by atoms with Crippen molar-refractivity contribution in [3.05, 3.63) is 94.1 Å². The number of aliphatic carboxylic acids is 2. The van der Waals surface area contributed by atoms with Gasteiger partial charge in [0.15, 0.2) is 0 Å². The van der Waals surface area contributed by atoms with Crippen molar-refractivity contribution in [3.8, 4) is 0 Å². The Balaban J connectivity index is 1.48. The summed E-state index contributed by atoms with van der Waals surface area (Å²) in [6.45, 7) is 6.43. The Morgan fingerprint density at radius 1 is 1.16 bits per heavy atom. The number of non-ortho nitro benzene ring substituents is 1. The first-order chi connectivity index (χ1) is 20.6. The lowest BCUT2D eigenvalue weighted by molar-refractivity contribution is -0.385. The molecule has 11 heteroatoms. The molecule has 0 saturated carbocycles. The van der Waals surface area contributed by atoms with Crippen molar-refractivity contribution in [3.63, 3.8) is 0 Å². The van der Waals surface area contributed by atoms with E-state index in [9.17, 15) is 29.9 Å². The summed E-state index contributed by atoms with van der Waals surface area (Å²) in [6.07, 6.45) is 7.22. The van der Waals surface area contributed by atoms with Gasteiger partial charge in [0, 0.05) is 49.3 Å². The molecule has 5 atom stereocenters. The van der Waals surface area contributed by atoms with Crippen molar-refractivity contribution in [2.45, 2.75) is 71.1 Å². The first kappa shape index (κ1) is 31.6. The van der Waals surface area contributed by atoms with E-state index in [4.69, 9.17) is 4.74 Å². The van der Waals surface area contributed by atoms with Gasteiger partial charge in [0.25, 0.3) is 5.69 Å². The zero-order chi connectivity index (χ0) is 31.1. The maximum absolute atomic E-state index is 13.1. The second-order valence-corrected chi connectivity index (χ2v) is 11.1. The Labute approximate surface area is 250 Å². The molecule has 5 unspecified atom stereocenters. The molecule has 0 saturated heterocycles. The van der Waals surface area contributed by atoms with Gasteiger partial charge in [0.2, 0.25) is 0 Å². The lowest BCUT2D eigenvalue weighted by Crippen LogP contribution is -2.54. The molecule has 0 bridgehead atoms. The van der Waals surface area contributed by atoms with Crippen LogP contribution in [0.15, 0.2) is 72.2 Å². The highest BCUT2D eigenvalue weighted by Crippen LogP contribution is 2.52. The molecule has 1 aliphatic rings. The van der Waals surface area contributed by atoms with E-state index >= 15 is 0 Å². The Hall–Kier alpha value is -4.38. The Morgan fingerprint density at radius 3 is 2.51 bits per heavy atom. The van der Waals surface area contributed by atoms with Crippen LogP contribution in [0.25, 0.3) is 0 Å². The van der Waals surface area contributed by atoms with Crippen LogP contribution in [-0.2, 0) is 20.9 Å². The fraction of sp³-hybridized carbons (Fsp3) is 0.438. The molecule has 1 aromatic heterocycles. The Kier molecular flexibility index (Phi) is 10.1. The number of carbonyl (C=O) groups is 2. The van der Waals surface area contributed by atoms with Gasteiger partial charge in [0.1, 0.15) is 5.92 Å². The van der Waals surface area contributed by atoms with Gasteiger partial charge in [-0.05, 0) is 56.2 Å². The number of benzene rings is 2. The van der Waals surface area contributed by atoms with Gasteiger partial charge in [-0.25, -0.2) is 4.98 Å². The highest BCUT2D eigenvalue weighted by Gasteiger charge is 2.58. The molecule has 228 valence electrons. The maximum Gasteiger partial charge on any atom is 0.312 e. The largest absolute Gasteiger partial charge is 0.481 e. The van der Waals surface area contributed by atoms with Crippen molar-refractivity contribution in [2.75, 3.05) is 6.61 Å². The van der Waals surface area contributed by atoms with Crippen LogP contribution < -0.4 is 0 Å². The number of carboxylic acids is 2. The third-order valence-electron chi connectivity index (χ3n) is 8.54. The number of ether oxygens (including phenoxy) is 1. The Morgan fingerprint density at radius 2 is 1.91 bits per heavy atom. The van der Waals surface area contributed by atoms with Crippen LogP contribution >= 0.6 is 0 Å². The van der Waals surface area contributed by atoms with Crippen LogP contribution in [0.2, 0.25) is 0 Å². The highest BCUT2D eigenvalue weighted by molar-refractivity contribution is 6.03. The van der Waals surface area contributed by atoms with Crippen LogP contribution in [0.4, 0.5) is 5.69 Å². The molecule has 0 amide bonds. The topological polar surface area (TPSA) is 157 Å². The average molecular weight is 591 g/mol. The quantitative estimate of drug-likeness (QED) is 0.134. The molecule has 0 fully saturated rings. The number of aliphatic imine (C=N–C) groups is 1. The second kappa shape index (κ2) is 13.7. The van der Waals surface area contributed by atoms with E-state index in [-0.39, 0.29) is 18.2 Å². The number of carboxylic acid groups (broad SMARTS) is 2. The van der Waals surface area contributed by atoms with Gasteiger partial charge in [-0.1, -0.05) is 43.3 Å². The summed E-state index contributed by atoms with van der Waals surface area (Å²) >= 11 is 0. The molecule has 43 heavy (non-hydrogen) atoms. The van der Waals surface area contributed by atoms with E-state index in [1.165, 1.54) is 18.2 Å². The predicted octanol–water partition coefficient (Wildman–Crippen LogP) is 5.90. The third kappa shape index (κ3) is 6.83. The van der Waals surface area contributed by atoms with Gasteiger partial charge in [-0.2, -0.15) is 0 Å². The smallest absolute Gasteiger partial charge is 0.312 e. The number of hydrogen-bond donors (Lipinski definition) is 2. The van der Waals surface area contributed by atoms with Gasteiger partial charge in [-0.15, -0.1) is 0 Å². The SMILES string of the molecule is CCC(OCCCCC1(C(=O)O)C(C)N=C(C)C(C(=O)O)C1c1cccc([N+](=O)[O-])c1)c1ccc(Cn2ccnc2)cc1. The summed E-state index contributed by atoms with van der Waals surface area (Å²) in [4.78, 5) is 45.0. The van der Waals surface area contributed by atoms with Crippen LogP contribution in [-0.4, -0.2) is 55.0 Å². The van der Waals surface area contributed by atoms with Crippen LogP contribution in [0.5, 0.6) is 0 Å². The molecular weight excluding hydrogens is 552 g/mol. The molecule has 1 aliphatic heterocycles. The summed E-state index contributed by atoms with van der Waals surface area (Å²) in [6, 6.07) is 13.1. The lowest BCUT2D eigenvalue weighted by atomic mass is 9.58. The molecule has 0 radical (unpaired) electrons. The van der Waals surface area contributed by atoms with Crippen molar-refractivity contribution >= 4 is 23.3 Å². The first-order valence-electron chi connectivity index (χ1n) is 14.5. The molecular formula is C32H38N4O7. The summed E-state index contributed by atoms with van der Waals surface area (Å²) in [5.41, 5.74) is 1.02. The number of rotatable bonds is 14. The minimum absolute atomic E-state index is 0.120. The minimum atomic E-state index is -1.58. The van der Waals surface area contributed by atoms with Crippen molar-refractivity contribution < 1.29 is 29.5 Å². The molecule has 2 aromatic carbocycles. The molecule has 0 spiro atoms. The number of imidazole rings is 1. The summed E-state index contributed by atoms with van der Waals surface area (Å²) in [5.74, 6) is -4.64. The molecule has 2 heterocycles. The summed E-state index contributed by atoms with van der Waals surface area (Å²) in [7, 11) is 0. The second-order valence-electron chi connectivity index (χ2n) is 11.1. The average Bonchev–Trinajstić information content (AvgIpc) is 3.49. The summed E-state index contributed by atoms with van der Waals surface area (Å²) in [5, 5.41) is 32.3. The zero-order valence-corrected chi connectivity index (χ0v) is 24.6. The number of nitro groups is 1. The number of nitro benzene ring substituents is 1. The highest BCUT2D eigenvalue weighted by atomic mass is 16.6. The van der Waals surface area contributed by atoms with E-state index in [1.807, 2.05) is 17.7 Å². The fourth-order valence-corrected chi connectivity index (χ4v) is 6.35. The lowest BCUT2D eigenvalue weighted by Gasteiger charge is -2.46. The van der Waals surface area contributed by atoms with Gasteiger partial charge in [0.05, 0.1) is 28.8 Å². The number of unbranched alkanes of at least 4 members (excludes halogenated alkanes) is 1. The molecule has 3 aromatic rings. The molecule has 11 nitrogen and oxygen atoms in total. The fourth-order valence-electron chi connectivity index (χ4n) is 6.35. The number of hydrogen-bond acceptors (Lipinski definition) is 7. The number of aromatic nitrogens is 2. The zero-order valence-electron chi connectivity index (χ0n) is 24.6. The van der Waals surface area contributed by atoms with Crippen LogP contribution in [0.1, 0.15) is 75.2 Å². The third-order valence-corrected chi connectivity index (χ3v) is 8.54. The standard InChI is InChI=1S/C32H38N4O7/c1-4-27(24-12-10-23(11-13-24)19-35-16-15-33-20-35)43-17-6-5-14-32(31(39)40)22(3)34-21(2)28(30(37)38)29(32)25-8-7-9-26(18-25)36(41)42/h7-13,15-16,18,20,22,27-29H,4-6,14,17,19H2,1-3H3,(H,37,38)(H,39,40). The minimum Gasteiger partial charge on any atom is -0.481 e. The number of nitrogens with zero attached hydrogens (tertiary/aromatic N) is 4. The van der Waals surface area contributed by atoms with E-state index in [2.05, 4.69) is 34.2 Å². The van der Waals surface area contributed by atoms with E-state index in [0.29, 0.717) is 30.7 Å². The summed E-state index contributed by atoms with van der Waals surface area (Å²) < 4.78 is 8.20. The van der Waals surface area contributed by atoms with Crippen LogP contribution in [0.3, 0.4) is 0 Å². The van der Waals surface area contributed by atoms with E-state index in [1.54, 1.807) is 32.4 Å². The molecule has 4 rings (SSSR count). The van der Waals surface area contributed by atoms with Crippen LogP contribution in [0, 0.1) is 21.4 Å². The monoisotopic (exact) mass is 590 g/mol. The van der Waals surface area contributed by atoms with Crippen molar-refractivity contribution in [1.29, 1.82) is 0 Å². The molecule has 0 aliphatic carbocycles. The predicted molar refractivity (Wildman–Crippen MR) is 160 cm³/mol. The normalized spacial score (nSPS) is 22.5. The molecule has 2 N–H and O–H groups in total. The Bertz CT molecular complexity index is 1450.